The number of thiophene rings is 1. The number of carbonyl (C=O) groups is 2. The molecule has 7 heteroatoms. The fraction of sp³-hybridized carbons (Fsp3) is 0.625. The van der Waals surface area contributed by atoms with Crippen molar-refractivity contribution in [1.29, 1.82) is 0 Å². The number of carbonyl (C=O) groups excluding carboxylic acids is 2. The number of nitrogens with one attached hydrogen (secondary N) is 1. The van der Waals surface area contributed by atoms with E-state index in [2.05, 4.69) is 12.2 Å². The molecule has 1 atom stereocenters. The monoisotopic (exact) mass is 343 g/mol. The van der Waals surface area contributed by atoms with Crippen molar-refractivity contribution < 1.29 is 23.8 Å². The number of unbranched alkanes of at least 4 members (excludes halogenated alkanes) is 1. The van der Waals surface area contributed by atoms with Gasteiger partial charge in [0, 0.05) is 6.42 Å². The van der Waals surface area contributed by atoms with Gasteiger partial charge in [-0.05, 0) is 38.6 Å². The Labute approximate surface area is 141 Å². The molecule has 0 aromatic carbocycles. The number of hydrogen-bond acceptors (Lipinski definition) is 6. The first kappa shape index (κ1) is 19.3. The van der Waals surface area contributed by atoms with Crippen molar-refractivity contribution in [3.63, 3.8) is 0 Å². The molecular weight excluding hydrogens is 318 g/mol. The summed E-state index contributed by atoms with van der Waals surface area (Å²) in [5, 5.41) is 4.44. The van der Waals surface area contributed by atoms with Crippen LogP contribution in [0, 0.1) is 0 Å². The summed E-state index contributed by atoms with van der Waals surface area (Å²) >= 11 is 1.23. The Kier molecular flexibility index (Phi) is 7.35. The van der Waals surface area contributed by atoms with Gasteiger partial charge in [0.15, 0.2) is 11.1 Å². The highest BCUT2D eigenvalue weighted by Crippen LogP contribution is 2.27. The van der Waals surface area contributed by atoms with Crippen LogP contribution in [-0.2, 0) is 9.47 Å². The van der Waals surface area contributed by atoms with Gasteiger partial charge < -0.3 is 14.2 Å². The van der Waals surface area contributed by atoms with Gasteiger partial charge >= 0.3 is 12.1 Å². The van der Waals surface area contributed by atoms with Crippen LogP contribution >= 0.6 is 11.3 Å². The molecule has 0 aliphatic carbocycles. The predicted molar refractivity (Wildman–Crippen MR) is 89.0 cm³/mol. The molecule has 0 saturated heterocycles. The van der Waals surface area contributed by atoms with Gasteiger partial charge in [-0.1, -0.05) is 13.3 Å². The van der Waals surface area contributed by atoms with Gasteiger partial charge in [0.25, 0.3) is 0 Å². The molecule has 130 valence electrons. The maximum atomic E-state index is 11.9. The fourth-order valence-corrected chi connectivity index (χ4v) is 2.51. The lowest BCUT2D eigenvalue weighted by molar-refractivity contribution is 0.0379. The molecule has 1 aromatic rings. The summed E-state index contributed by atoms with van der Waals surface area (Å²) in [6, 6.07) is 1.69. The van der Waals surface area contributed by atoms with E-state index in [1.807, 2.05) is 0 Å². The molecular formula is C16H25NO5S. The minimum absolute atomic E-state index is 0.375. The number of amides is 1. The summed E-state index contributed by atoms with van der Waals surface area (Å²) in [4.78, 5) is 24.0. The first-order valence-corrected chi connectivity index (χ1v) is 8.46. The minimum Gasteiger partial charge on any atom is -0.469 e. The second-order valence-electron chi connectivity index (χ2n) is 6.00. The van der Waals surface area contributed by atoms with E-state index in [0.29, 0.717) is 17.0 Å². The van der Waals surface area contributed by atoms with E-state index in [0.717, 1.165) is 12.8 Å². The number of rotatable bonds is 7. The molecule has 0 saturated carbocycles. The van der Waals surface area contributed by atoms with E-state index in [4.69, 9.17) is 14.2 Å². The molecule has 0 aliphatic rings. The predicted octanol–water partition coefficient (Wildman–Crippen LogP) is 3.95. The van der Waals surface area contributed by atoms with E-state index >= 15 is 0 Å². The van der Waals surface area contributed by atoms with Crippen LogP contribution in [0.2, 0.25) is 0 Å². The molecule has 1 N–H and O–H groups in total. The zero-order valence-electron chi connectivity index (χ0n) is 14.3. The Morgan fingerprint density at radius 2 is 2.04 bits per heavy atom. The molecule has 1 rings (SSSR count). The molecule has 23 heavy (non-hydrogen) atoms. The molecule has 1 amide bonds. The second-order valence-corrected chi connectivity index (χ2v) is 6.92. The third kappa shape index (κ3) is 6.90. The molecule has 1 heterocycles. The lowest BCUT2D eigenvalue weighted by atomic mass is 10.2. The molecule has 0 fully saturated rings. The van der Waals surface area contributed by atoms with Crippen LogP contribution in [0.3, 0.4) is 0 Å². The number of esters is 1. The largest absolute Gasteiger partial charge is 0.469 e. The van der Waals surface area contributed by atoms with Crippen LogP contribution in [0.15, 0.2) is 11.4 Å². The van der Waals surface area contributed by atoms with Crippen LogP contribution in [0.1, 0.15) is 56.6 Å². The van der Waals surface area contributed by atoms with Crippen LogP contribution in [-0.4, -0.2) is 31.0 Å². The van der Waals surface area contributed by atoms with E-state index in [1.54, 1.807) is 32.2 Å². The van der Waals surface area contributed by atoms with E-state index in [-0.39, 0.29) is 0 Å². The van der Waals surface area contributed by atoms with Crippen molar-refractivity contribution in [2.45, 2.75) is 58.8 Å². The minimum atomic E-state index is -0.584. The second kappa shape index (κ2) is 8.76. The molecule has 6 nitrogen and oxygen atoms in total. The van der Waals surface area contributed by atoms with Gasteiger partial charge in [0.1, 0.15) is 11.4 Å². The van der Waals surface area contributed by atoms with Crippen molar-refractivity contribution in [1.82, 2.24) is 5.32 Å². The zero-order valence-corrected chi connectivity index (χ0v) is 15.1. The maximum absolute atomic E-state index is 11.9. The standard InChI is InChI=1S/C16H25NO5S/c1-6-7-8-12(17-15(19)22-16(2,3)4)21-11-9-10-23-13(11)14(18)20-5/h9-10,12H,6-8H2,1-5H3,(H,17,19). The van der Waals surface area contributed by atoms with Crippen LogP contribution < -0.4 is 10.1 Å². The first-order chi connectivity index (χ1) is 10.8. The normalized spacial score (nSPS) is 12.4. The summed E-state index contributed by atoms with van der Waals surface area (Å²) in [5.41, 5.74) is -0.584. The molecule has 0 spiro atoms. The maximum Gasteiger partial charge on any atom is 0.410 e. The highest BCUT2D eigenvalue weighted by Gasteiger charge is 2.22. The third-order valence-corrected chi connectivity index (χ3v) is 3.64. The summed E-state index contributed by atoms with van der Waals surface area (Å²) in [5.74, 6) is -0.0551. The Hall–Kier alpha value is -1.76. The van der Waals surface area contributed by atoms with Crippen LogP contribution in [0.25, 0.3) is 0 Å². The van der Waals surface area contributed by atoms with Gasteiger partial charge in [-0.3, -0.25) is 5.32 Å². The van der Waals surface area contributed by atoms with E-state index in [9.17, 15) is 9.59 Å². The van der Waals surface area contributed by atoms with Crippen molar-refractivity contribution in [3.05, 3.63) is 16.3 Å². The average molecular weight is 343 g/mol. The fourth-order valence-electron chi connectivity index (χ4n) is 1.77. The molecule has 0 bridgehead atoms. The number of alkyl carbamates (subject to hydrolysis) is 1. The van der Waals surface area contributed by atoms with Crippen molar-refractivity contribution in [3.8, 4) is 5.75 Å². The molecule has 1 unspecified atom stereocenters. The van der Waals surface area contributed by atoms with E-state index in [1.165, 1.54) is 18.4 Å². The highest BCUT2D eigenvalue weighted by molar-refractivity contribution is 7.12. The van der Waals surface area contributed by atoms with Crippen LogP contribution in [0.4, 0.5) is 4.79 Å². The van der Waals surface area contributed by atoms with Gasteiger partial charge in [-0.2, -0.15) is 0 Å². The average Bonchev–Trinajstić information content (AvgIpc) is 2.89. The van der Waals surface area contributed by atoms with Gasteiger partial charge in [-0.15, -0.1) is 11.3 Å². The van der Waals surface area contributed by atoms with Crippen molar-refractivity contribution in [2.24, 2.45) is 0 Å². The highest BCUT2D eigenvalue weighted by atomic mass is 32.1. The van der Waals surface area contributed by atoms with Gasteiger partial charge in [0.05, 0.1) is 7.11 Å². The lowest BCUT2D eigenvalue weighted by Crippen LogP contribution is -2.42. The van der Waals surface area contributed by atoms with Gasteiger partial charge in [0.2, 0.25) is 0 Å². The molecule has 0 radical (unpaired) electrons. The Bertz CT molecular complexity index is 521. The number of methoxy groups -OCH3 is 1. The SMILES string of the molecule is CCCCC(NC(=O)OC(C)(C)C)Oc1ccsc1C(=O)OC. The summed E-state index contributed by atoms with van der Waals surface area (Å²) in [6.07, 6.45) is 1.34. The molecule has 0 aliphatic heterocycles. The zero-order chi connectivity index (χ0) is 17.5. The van der Waals surface area contributed by atoms with Crippen LogP contribution in [0.5, 0.6) is 5.75 Å². The summed E-state index contributed by atoms with van der Waals surface area (Å²) < 4.78 is 15.8. The topological polar surface area (TPSA) is 73.9 Å². The Balaban J connectivity index is 2.77. The Morgan fingerprint density at radius 3 is 2.61 bits per heavy atom. The van der Waals surface area contributed by atoms with Crippen molar-refractivity contribution >= 4 is 23.4 Å². The smallest absolute Gasteiger partial charge is 0.410 e. The summed E-state index contributed by atoms with van der Waals surface area (Å²) in [7, 11) is 1.32. The first-order valence-electron chi connectivity index (χ1n) is 7.58. The lowest BCUT2D eigenvalue weighted by Gasteiger charge is -2.24. The van der Waals surface area contributed by atoms with E-state index < -0.39 is 23.9 Å². The van der Waals surface area contributed by atoms with Gasteiger partial charge in [-0.25, -0.2) is 9.59 Å². The quantitative estimate of drug-likeness (QED) is 0.599. The number of ether oxygens (including phenoxy) is 3. The Morgan fingerprint density at radius 1 is 1.35 bits per heavy atom. The van der Waals surface area contributed by atoms with Crippen molar-refractivity contribution in [2.75, 3.05) is 7.11 Å². The number of hydrogen-bond donors (Lipinski definition) is 1. The molecule has 1 aromatic heterocycles. The summed E-state index contributed by atoms with van der Waals surface area (Å²) in [6.45, 7) is 7.43. The third-order valence-electron chi connectivity index (χ3n) is 2.77.